The fourth-order valence-electron chi connectivity index (χ4n) is 2.77. The summed E-state index contributed by atoms with van der Waals surface area (Å²) in [5, 5.41) is 11.3. The zero-order chi connectivity index (χ0) is 21.8. The number of likely N-dealkylation sites (N-methyl/N-ethyl adjacent to an activating group) is 1. The smallest absolute Gasteiger partial charge is 0.325 e. The lowest BCUT2D eigenvalue weighted by Crippen LogP contribution is -2.44. The third-order valence-electron chi connectivity index (χ3n) is 4.57. The minimum Gasteiger partial charge on any atom is -0.489 e. The summed E-state index contributed by atoms with van der Waals surface area (Å²) in [6, 6.07) is 6.06. The molecule has 0 saturated carbocycles. The van der Waals surface area contributed by atoms with Crippen molar-refractivity contribution in [3.05, 3.63) is 42.0 Å². The Kier molecular flexibility index (Phi) is 6.63. The van der Waals surface area contributed by atoms with Gasteiger partial charge in [-0.1, -0.05) is 18.7 Å². The maximum Gasteiger partial charge on any atom is 0.325 e. The van der Waals surface area contributed by atoms with E-state index in [-0.39, 0.29) is 13.0 Å². The van der Waals surface area contributed by atoms with Gasteiger partial charge in [-0.2, -0.15) is 0 Å². The van der Waals surface area contributed by atoms with Gasteiger partial charge >= 0.3 is 12.0 Å². The Labute approximate surface area is 168 Å². The van der Waals surface area contributed by atoms with Gasteiger partial charge in [-0.25, -0.2) is 4.79 Å². The van der Waals surface area contributed by atoms with E-state index in [1.165, 1.54) is 11.9 Å². The third-order valence-corrected chi connectivity index (χ3v) is 4.57. The first-order chi connectivity index (χ1) is 13.5. The van der Waals surface area contributed by atoms with Gasteiger partial charge in [-0.05, 0) is 37.1 Å². The SMILES string of the molecule is C=C(C)COc1ccc(C2(C)NC(=O)N(CC(=O)N(C)CCC(=O)O)C2=O)cc1. The van der Waals surface area contributed by atoms with Gasteiger partial charge in [0.25, 0.3) is 5.91 Å². The van der Waals surface area contributed by atoms with Crippen LogP contribution in [0.25, 0.3) is 0 Å². The highest BCUT2D eigenvalue weighted by atomic mass is 16.5. The number of carbonyl (C=O) groups excluding carboxylic acids is 3. The molecule has 1 aromatic carbocycles. The number of amides is 4. The first-order valence-electron chi connectivity index (χ1n) is 9.02. The maximum absolute atomic E-state index is 12.9. The molecule has 9 nitrogen and oxygen atoms in total. The predicted molar refractivity (Wildman–Crippen MR) is 104 cm³/mol. The van der Waals surface area contributed by atoms with E-state index >= 15 is 0 Å². The van der Waals surface area contributed by atoms with Gasteiger partial charge in [-0.15, -0.1) is 0 Å². The molecule has 29 heavy (non-hydrogen) atoms. The Morgan fingerprint density at radius 1 is 1.28 bits per heavy atom. The van der Waals surface area contributed by atoms with Crippen LogP contribution < -0.4 is 10.1 Å². The van der Waals surface area contributed by atoms with Gasteiger partial charge in [0.1, 0.15) is 24.4 Å². The molecule has 1 aliphatic heterocycles. The van der Waals surface area contributed by atoms with Crippen LogP contribution >= 0.6 is 0 Å². The molecule has 0 spiro atoms. The first kappa shape index (κ1) is 21.9. The number of hydrogen-bond acceptors (Lipinski definition) is 5. The third kappa shape index (κ3) is 5.13. The van der Waals surface area contributed by atoms with Gasteiger partial charge in [0.2, 0.25) is 5.91 Å². The summed E-state index contributed by atoms with van der Waals surface area (Å²) in [6.07, 6.45) is -0.222. The van der Waals surface area contributed by atoms with Crippen LogP contribution in [0, 0.1) is 0 Å². The Hall–Kier alpha value is -3.36. The number of ether oxygens (including phenoxy) is 1. The van der Waals surface area contributed by atoms with Gasteiger partial charge < -0.3 is 20.1 Å². The van der Waals surface area contributed by atoms with Gasteiger partial charge in [0, 0.05) is 13.6 Å². The zero-order valence-electron chi connectivity index (χ0n) is 16.7. The lowest BCUT2D eigenvalue weighted by atomic mass is 9.92. The number of imide groups is 1. The van der Waals surface area contributed by atoms with Crippen LogP contribution in [0.1, 0.15) is 25.8 Å². The number of nitrogens with one attached hydrogen (secondary N) is 1. The van der Waals surface area contributed by atoms with Crippen molar-refractivity contribution < 1.29 is 29.0 Å². The summed E-state index contributed by atoms with van der Waals surface area (Å²) >= 11 is 0. The summed E-state index contributed by atoms with van der Waals surface area (Å²) in [5.41, 5.74) is 0.102. The number of aliphatic carboxylic acids is 1. The molecule has 1 aromatic rings. The Balaban J connectivity index is 2.09. The summed E-state index contributed by atoms with van der Waals surface area (Å²) in [6.45, 7) is 7.07. The van der Waals surface area contributed by atoms with Gasteiger partial charge in [0.05, 0.1) is 6.42 Å². The van der Waals surface area contributed by atoms with Gasteiger partial charge in [-0.3, -0.25) is 19.3 Å². The fourth-order valence-corrected chi connectivity index (χ4v) is 2.77. The predicted octanol–water partition coefficient (Wildman–Crippen LogP) is 1.34. The fraction of sp³-hybridized carbons (Fsp3) is 0.400. The molecule has 0 aromatic heterocycles. The normalized spacial score (nSPS) is 18.4. The summed E-state index contributed by atoms with van der Waals surface area (Å²) in [4.78, 5) is 50.1. The second kappa shape index (κ2) is 8.76. The van der Waals surface area contributed by atoms with Gasteiger partial charge in [0.15, 0.2) is 0 Å². The van der Waals surface area contributed by atoms with E-state index in [0.29, 0.717) is 17.9 Å². The Bertz CT molecular complexity index is 835. The van der Waals surface area contributed by atoms with Crippen LogP contribution in [0.15, 0.2) is 36.4 Å². The van der Waals surface area contributed by atoms with Crippen molar-refractivity contribution in [3.8, 4) is 5.75 Å². The Morgan fingerprint density at radius 3 is 2.45 bits per heavy atom. The second-order valence-corrected chi connectivity index (χ2v) is 7.18. The molecule has 2 N–H and O–H groups in total. The molecule has 0 radical (unpaired) electrons. The van der Waals surface area contributed by atoms with Crippen molar-refractivity contribution in [1.29, 1.82) is 0 Å². The number of rotatable bonds is 9. The highest BCUT2D eigenvalue weighted by Gasteiger charge is 2.49. The van der Waals surface area contributed by atoms with E-state index in [1.807, 2.05) is 6.92 Å². The second-order valence-electron chi connectivity index (χ2n) is 7.18. The molecule has 0 aliphatic carbocycles. The largest absolute Gasteiger partial charge is 0.489 e. The van der Waals surface area contributed by atoms with Crippen LogP contribution in [0.3, 0.4) is 0 Å². The van der Waals surface area contributed by atoms with Crippen LogP contribution in [0.4, 0.5) is 4.79 Å². The summed E-state index contributed by atoms with van der Waals surface area (Å²) in [5.74, 6) is -1.52. The minimum absolute atomic E-state index is 0.0132. The number of carboxylic acid groups (broad SMARTS) is 1. The van der Waals surface area contributed by atoms with Crippen molar-refractivity contribution in [2.24, 2.45) is 0 Å². The molecule has 4 amide bonds. The van der Waals surface area contributed by atoms with Crippen molar-refractivity contribution in [2.75, 3.05) is 26.7 Å². The van der Waals surface area contributed by atoms with Crippen molar-refractivity contribution in [1.82, 2.24) is 15.1 Å². The lowest BCUT2D eigenvalue weighted by molar-refractivity contribution is -0.140. The highest BCUT2D eigenvalue weighted by molar-refractivity contribution is 6.09. The zero-order valence-corrected chi connectivity index (χ0v) is 16.7. The van der Waals surface area contributed by atoms with Crippen LogP contribution in [0.2, 0.25) is 0 Å². The lowest BCUT2D eigenvalue weighted by Gasteiger charge is -2.23. The summed E-state index contributed by atoms with van der Waals surface area (Å²) in [7, 11) is 1.42. The molecule has 156 valence electrons. The molecular formula is C20H25N3O6. The molecule has 1 atom stereocenters. The van der Waals surface area contributed by atoms with E-state index in [4.69, 9.17) is 9.84 Å². The molecule has 1 saturated heterocycles. The van der Waals surface area contributed by atoms with E-state index in [0.717, 1.165) is 10.5 Å². The summed E-state index contributed by atoms with van der Waals surface area (Å²) < 4.78 is 5.53. The number of nitrogens with zero attached hydrogens (tertiary/aromatic N) is 2. The molecule has 9 heteroatoms. The van der Waals surface area contributed by atoms with E-state index < -0.39 is 35.9 Å². The number of hydrogen-bond donors (Lipinski definition) is 2. The van der Waals surface area contributed by atoms with Crippen LogP contribution in [-0.4, -0.2) is 65.5 Å². The molecule has 1 aliphatic rings. The molecular weight excluding hydrogens is 378 g/mol. The number of benzene rings is 1. The monoisotopic (exact) mass is 403 g/mol. The van der Waals surface area contributed by atoms with Crippen molar-refractivity contribution in [3.63, 3.8) is 0 Å². The van der Waals surface area contributed by atoms with E-state index in [1.54, 1.807) is 31.2 Å². The quantitative estimate of drug-likeness (QED) is 0.475. The molecule has 1 heterocycles. The van der Waals surface area contributed by atoms with Crippen LogP contribution in [-0.2, 0) is 19.9 Å². The van der Waals surface area contributed by atoms with E-state index in [9.17, 15) is 19.2 Å². The van der Waals surface area contributed by atoms with Crippen LogP contribution in [0.5, 0.6) is 5.75 Å². The standard InChI is InChI=1S/C20H25N3O6/c1-13(2)12-29-15-7-5-14(6-8-15)20(3)18(27)23(19(28)21-20)11-16(24)22(4)10-9-17(25)26/h5-8H,1,9-12H2,2-4H3,(H,21,28)(H,25,26). The first-order valence-corrected chi connectivity index (χ1v) is 9.02. The highest BCUT2D eigenvalue weighted by Crippen LogP contribution is 2.30. The number of urea groups is 1. The maximum atomic E-state index is 12.9. The molecule has 1 unspecified atom stereocenters. The topological polar surface area (TPSA) is 116 Å². The number of carboxylic acids is 1. The molecule has 0 bridgehead atoms. The number of carbonyl (C=O) groups is 4. The minimum atomic E-state index is -1.32. The van der Waals surface area contributed by atoms with Crippen molar-refractivity contribution in [2.45, 2.75) is 25.8 Å². The van der Waals surface area contributed by atoms with E-state index in [2.05, 4.69) is 11.9 Å². The average molecular weight is 403 g/mol. The molecule has 2 rings (SSSR count). The Morgan fingerprint density at radius 2 is 1.90 bits per heavy atom. The molecule has 1 fully saturated rings. The van der Waals surface area contributed by atoms with Crippen molar-refractivity contribution >= 4 is 23.8 Å². The average Bonchev–Trinajstić information content (AvgIpc) is 2.88.